The summed E-state index contributed by atoms with van der Waals surface area (Å²) in [5, 5.41) is 5.94. The van der Waals surface area contributed by atoms with Gasteiger partial charge in [-0.1, -0.05) is 13.8 Å². The molecule has 0 bridgehead atoms. The molecule has 0 unspecified atom stereocenters. The molecule has 1 amide bonds. The quantitative estimate of drug-likeness (QED) is 0.837. The number of amides is 1. The summed E-state index contributed by atoms with van der Waals surface area (Å²) < 4.78 is 0. The van der Waals surface area contributed by atoms with E-state index in [2.05, 4.69) is 29.5 Å². The third-order valence-electron chi connectivity index (χ3n) is 3.04. The van der Waals surface area contributed by atoms with E-state index in [1.165, 1.54) is 18.5 Å². The molecule has 0 aliphatic heterocycles. The lowest BCUT2D eigenvalue weighted by Gasteiger charge is -2.13. The topological polar surface area (TPSA) is 68.0 Å². The summed E-state index contributed by atoms with van der Waals surface area (Å²) in [6.07, 6.45) is 3.24. The molecule has 1 aliphatic carbocycles. The molecule has 0 aromatic carbocycles. The third-order valence-corrected chi connectivity index (χ3v) is 3.91. The van der Waals surface area contributed by atoms with Crippen LogP contribution in [-0.4, -0.2) is 16.9 Å². The van der Waals surface area contributed by atoms with E-state index in [0.717, 1.165) is 11.4 Å². The van der Waals surface area contributed by atoms with Gasteiger partial charge in [0.25, 0.3) is 0 Å². The van der Waals surface area contributed by atoms with E-state index in [1.54, 1.807) is 11.3 Å². The second-order valence-corrected chi connectivity index (χ2v) is 6.34. The van der Waals surface area contributed by atoms with Crippen molar-refractivity contribution >= 4 is 42.1 Å². The highest BCUT2D eigenvalue weighted by molar-refractivity contribution is 7.09. The van der Waals surface area contributed by atoms with Crippen LogP contribution >= 0.6 is 36.2 Å². The molecule has 20 heavy (non-hydrogen) atoms. The van der Waals surface area contributed by atoms with Crippen LogP contribution in [-0.2, 0) is 11.3 Å². The average Bonchev–Trinajstić information content (AvgIpc) is 3.05. The smallest absolute Gasteiger partial charge is 0.237 e. The molecule has 0 saturated heterocycles. The lowest BCUT2D eigenvalue weighted by atomic mass is 10.0. The number of nitrogens with zero attached hydrogens (tertiary/aromatic N) is 1. The lowest BCUT2D eigenvalue weighted by molar-refractivity contribution is -0.122. The van der Waals surface area contributed by atoms with Gasteiger partial charge in [0.1, 0.15) is 5.01 Å². The summed E-state index contributed by atoms with van der Waals surface area (Å²) in [5.41, 5.74) is 7.01. The van der Waals surface area contributed by atoms with Crippen molar-refractivity contribution in [3.8, 4) is 0 Å². The zero-order valence-corrected chi connectivity index (χ0v) is 14.2. The van der Waals surface area contributed by atoms with Gasteiger partial charge in [-0.25, -0.2) is 4.98 Å². The van der Waals surface area contributed by atoms with Crippen LogP contribution in [0.5, 0.6) is 0 Å². The Morgan fingerprint density at radius 3 is 2.70 bits per heavy atom. The first kappa shape index (κ1) is 19.6. The van der Waals surface area contributed by atoms with Gasteiger partial charge in [0, 0.05) is 11.3 Å². The van der Waals surface area contributed by atoms with E-state index in [4.69, 9.17) is 5.73 Å². The van der Waals surface area contributed by atoms with Crippen molar-refractivity contribution in [3.63, 3.8) is 0 Å². The Hall–Kier alpha value is -0.360. The maximum atomic E-state index is 11.7. The van der Waals surface area contributed by atoms with Gasteiger partial charge in [-0.3, -0.25) is 4.79 Å². The molecule has 1 aromatic rings. The molecule has 1 fully saturated rings. The van der Waals surface area contributed by atoms with Gasteiger partial charge in [0.2, 0.25) is 5.91 Å². The predicted octanol–water partition coefficient (Wildman–Crippen LogP) is 2.85. The van der Waals surface area contributed by atoms with Crippen LogP contribution in [0.2, 0.25) is 0 Å². The van der Waals surface area contributed by atoms with Gasteiger partial charge in [-0.05, 0) is 25.2 Å². The van der Waals surface area contributed by atoms with Crippen LogP contribution in [0, 0.1) is 5.92 Å². The number of carbonyl (C=O) groups is 1. The van der Waals surface area contributed by atoms with Gasteiger partial charge in [-0.15, -0.1) is 36.2 Å². The molecule has 3 N–H and O–H groups in total. The van der Waals surface area contributed by atoms with E-state index >= 15 is 0 Å². The summed E-state index contributed by atoms with van der Waals surface area (Å²) >= 11 is 1.62. The van der Waals surface area contributed by atoms with Gasteiger partial charge < -0.3 is 11.1 Å². The van der Waals surface area contributed by atoms with Crippen LogP contribution in [0.15, 0.2) is 5.38 Å². The number of nitrogens with one attached hydrogen (secondary N) is 1. The van der Waals surface area contributed by atoms with Crippen LogP contribution in [0.4, 0.5) is 0 Å². The van der Waals surface area contributed by atoms with Crippen molar-refractivity contribution in [2.24, 2.45) is 11.7 Å². The van der Waals surface area contributed by atoms with Gasteiger partial charge in [0.05, 0.1) is 18.3 Å². The molecule has 1 aromatic heterocycles. The van der Waals surface area contributed by atoms with Crippen molar-refractivity contribution < 1.29 is 4.79 Å². The van der Waals surface area contributed by atoms with E-state index in [-0.39, 0.29) is 30.7 Å². The van der Waals surface area contributed by atoms with Crippen LogP contribution in [0.25, 0.3) is 0 Å². The maximum Gasteiger partial charge on any atom is 0.237 e. The molecule has 1 atom stereocenters. The van der Waals surface area contributed by atoms with E-state index in [1.807, 2.05) is 0 Å². The number of hydrogen-bond donors (Lipinski definition) is 2. The van der Waals surface area contributed by atoms with Crippen molar-refractivity contribution in [2.45, 2.75) is 51.6 Å². The fourth-order valence-corrected chi connectivity index (χ4v) is 2.70. The molecular formula is C13H23Cl2N3OS. The Bertz CT molecular complexity index is 422. The molecule has 7 heteroatoms. The van der Waals surface area contributed by atoms with Gasteiger partial charge >= 0.3 is 0 Å². The number of aromatic nitrogens is 1. The fourth-order valence-electron chi connectivity index (χ4n) is 1.88. The van der Waals surface area contributed by atoms with Crippen molar-refractivity contribution in [1.82, 2.24) is 10.3 Å². The number of hydrogen-bond acceptors (Lipinski definition) is 4. The molecule has 116 valence electrons. The zero-order valence-electron chi connectivity index (χ0n) is 11.8. The Kier molecular flexibility index (Phi) is 8.66. The van der Waals surface area contributed by atoms with Crippen molar-refractivity contribution in [3.05, 3.63) is 16.1 Å². The number of thiazole rings is 1. The van der Waals surface area contributed by atoms with E-state index in [0.29, 0.717) is 18.4 Å². The zero-order chi connectivity index (χ0) is 13.1. The largest absolute Gasteiger partial charge is 0.348 e. The standard InChI is InChI=1S/C13H21N3OS.2ClH/c1-8(2)5-10(14)13(17)15-6-12-16-11(7-18-12)9-3-4-9;;/h7-10H,3-6,14H2,1-2H3,(H,15,17);2*1H/t10-;;/m0../s1. The normalized spacial score (nSPS) is 15.2. The van der Waals surface area contributed by atoms with E-state index < -0.39 is 6.04 Å². The third kappa shape index (κ3) is 5.95. The molecule has 1 saturated carbocycles. The van der Waals surface area contributed by atoms with Gasteiger partial charge in [-0.2, -0.15) is 0 Å². The number of carbonyl (C=O) groups excluding carboxylic acids is 1. The summed E-state index contributed by atoms with van der Waals surface area (Å²) in [7, 11) is 0. The number of halogens is 2. The Balaban J connectivity index is 0.00000180. The highest BCUT2D eigenvalue weighted by Gasteiger charge is 2.26. The van der Waals surface area contributed by atoms with Crippen LogP contribution in [0.3, 0.4) is 0 Å². The van der Waals surface area contributed by atoms with E-state index in [9.17, 15) is 4.79 Å². The molecule has 0 radical (unpaired) electrons. The summed E-state index contributed by atoms with van der Waals surface area (Å²) in [6, 6.07) is -0.409. The first-order valence-corrected chi connectivity index (χ1v) is 7.41. The molecular weight excluding hydrogens is 317 g/mol. The predicted molar refractivity (Wildman–Crippen MR) is 87.9 cm³/mol. The van der Waals surface area contributed by atoms with Crippen molar-refractivity contribution in [1.29, 1.82) is 0 Å². The summed E-state index contributed by atoms with van der Waals surface area (Å²) in [4.78, 5) is 16.3. The lowest BCUT2D eigenvalue weighted by Crippen LogP contribution is -2.41. The van der Waals surface area contributed by atoms with Gasteiger partial charge in [0.15, 0.2) is 0 Å². The Labute approximate surface area is 136 Å². The van der Waals surface area contributed by atoms with Crippen LogP contribution in [0.1, 0.15) is 49.7 Å². The average molecular weight is 340 g/mol. The highest BCUT2D eigenvalue weighted by Crippen LogP contribution is 2.40. The molecule has 4 nitrogen and oxygen atoms in total. The first-order chi connectivity index (χ1) is 8.56. The molecule has 2 rings (SSSR count). The minimum atomic E-state index is -0.409. The molecule has 1 heterocycles. The Morgan fingerprint density at radius 1 is 1.50 bits per heavy atom. The second kappa shape index (κ2) is 8.82. The summed E-state index contributed by atoms with van der Waals surface area (Å²) in [5.74, 6) is 1.04. The molecule has 0 spiro atoms. The summed E-state index contributed by atoms with van der Waals surface area (Å²) in [6.45, 7) is 4.63. The number of rotatable bonds is 6. The monoisotopic (exact) mass is 339 g/mol. The fraction of sp³-hybridized carbons (Fsp3) is 0.692. The Morgan fingerprint density at radius 2 is 2.15 bits per heavy atom. The van der Waals surface area contributed by atoms with Crippen molar-refractivity contribution in [2.75, 3.05) is 0 Å². The number of nitrogens with two attached hydrogens (primary N) is 1. The second-order valence-electron chi connectivity index (χ2n) is 5.39. The van der Waals surface area contributed by atoms with Crippen LogP contribution < -0.4 is 11.1 Å². The first-order valence-electron chi connectivity index (χ1n) is 6.54. The minimum Gasteiger partial charge on any atom is -0.348 e. The highest BCUT2D eigenvalue weighted by atomic mass is 35.5. The minimum absolute atomic E-state index is 0. The molecule has 1 aliphatic rings. The SMILES string of the molecule is CC(C)C[C@H](N)C(=O)NCc1nc(C2CC2)cs1.Cl.Cl. The maximum absolute atomic E-state index is 11.7.